The molecule has 0 saturated carbocycles. The molecule has 0 aliphatic heterocycles. The average Bonchev–Trinajstić information content (AvgIpc) is 2.53. The highest BCUT2D eigenvalue weighted by molar-refractivity contribution is 5.89. The second kappa shape index (κ2) is 7.93. The van der Waals surface area contributed by atoms with E-state index in [2.05, 4.69) is 10.6 Å². The molecule has 5 nitrogen and oxygen atoms in total. The molecular weight excluding hydrogens is 280 g/mol. The van der Waals surface area contributed by atoms with Gasteiger partial charge in [0.1, 0.15) is 18.1 Å². The SMILES string of the molecule is COc1cccc(NC(=O)NCCOc2ccc(C)cc2)c1. The molecule has 0 bridgehead atoms. The summed E-state index contributed by atoms with van der Waals surface area (Å²) in [5.74, 6) is 1.49. The number of nitrogens with one attached hydrogen (secondary N) is 2. The van der Waals surface area contributed by atoms with Gasteiger partial charge in [-0.15, -0.1) is 0 Å². The summed E-state index contributed by atoms with van der Waals surface area (Å²) in [6.45, 7) is 2.85. The fourth-order valence-corrected chi connectivity index (χ4v) is 1.84. The molecule has 0 saturated heterocycles. The molecule has 0 aliphatic carbocycles. The van der Waals surface area contributed by atoms with E-state index in [0.717, 1.165) is 5.75 Å². The van der Waals surface area contributed by atoms with Crippen LogP contribution in [0.1, 0.15) is 5.56 Å². The first-order valence-corrected chi connectivity index (χ1v) is 7.06. The summed E-state index contributed by atoms with van der Waals surface area (Å²) in [5, 5.41) is 5.47. The van der Waals surface area contributed by atoms with E-state index in [1.165, 1.54) is 5.56 Å². The minimum Gasteiger partial charge on any atom is -0.497 e. The van der Waals surface area contributed by atoms with Crippen molar-refractivity contribution >= 4 is 11.7 Å². The largest absolute Gasteiger partial charge is 0.497 e. The van der Waals surface area contributed by atoms with Crippen LogP contribution in [0.5, 0.6) is 11.5 Å². The van der Waals surface area contributed by atoms with E-state index >= 15 is 0 Å². The topological polar surface area (TPSA) is 59.6 Å². The first-order valence-electron chi connectivity index (χ1n) is 7.06. The number of ether oxygens (including phenoxy) is 2. The van der Waals surface area contributed by atoms with Crippen molar-refractivity contribution in [1.82, 2.24) is 5.32 Å². The zero-order valence-electron chi connectivity index (χ0n) is 12.8. The number of hydrogen-bond donors (Lipinski definition) is 2. The van der Waals surface area contributed by atoms with Gasteiger partial charge in [0, 0.05) is 11.8 Å². The van der Waals surface area contributed by atoms with Crippen molar-refractivity contribution in [2.24, 2.45) is 0 Å². The lowest BCUT2D eigenvalue weighted by Gasteiger charge is -2.10. The lowest BCUT2D eigenvalue weighted by atomic mass is 10.2. The molecule has 2 rings (SSSR count). The molecule has 5 heteroatoms. The number of aryl methyl sites for hydroxylation is 1. The van der Waals surface area contributed by atoms with Crippen molar-refractivity contribution in [1.29, 1.82) is 0 Å². The average molecular weight is 300 g/mol. The molecule has 0 heterocycles. The van der Waals surface area contributed by atoms with Gasteiger partial charge < -0.3 is 20.1 Å². The van der Waals surface area contributed by atoms with Crippen LogP contribution in [0, 0.1) is 6.92 Å². The molecule has 0 radical (unpaired) electrons. The number of urea groups is 1. The molecular formula is C17H20N2O3. The molecule has 0 aliphatic rings. The number of amides is 2. The van der Waals surface area contributed by atoms with E-state index in [1.807, 2.05) is 43.3 Å². The van der Waals surface area contributed by atoms with E-state index in [0.29, 0.717) is 24.6 Å². The Morgan fingerprint density at radius 1 is 1.09 bits per heavy atom. The van der Waals surface area contributed by atoms with E-state index < -0.39 is 0 Å². The molecule has 0 atom stereocenters. The van der Waals surface area contributed by atoms with Crippen LogP contribution in [0.25, 0.3) is 0 Å². The molecule has 2 aromatic rings. The Hall–Kier alpha value is -2.69. The first-order chi connectivity index (χ1) is 10.7. The van der Waals surface area contributed by atoms with Crippen molar-refractivity contribution in [3.8, 4) is 11.5 Å². The zero-order chi connectivity index (χ0) is 15.8. The Bertz CT molecular complexity index is 612. The van der Waals surface area contributed by atoms with Crippen LogP contribution in [0.4, 0.5) is 10.5 Å². The molecule has 0 spiro atoms. The predicted octanol–water partition coefficient (Wildman–Crippen LogP) is 3.20. The summed E-state index contributed by atoms with van der Waals surface area (Å²) >= 11 is 0. The second-order valence-electron chi connectivity index (χ2n) is 4.77. The number of anilines is 1. The van der Waals surface area contributed by atoms with Gasteiger partial charge in [-0.2, -0.15) is 0 Å². The highest BCUT2D eigenvalue weighted by Gasteiger charge is 2.02. The Kier molecular flexibility index (Phi) is 5.65. The zero-order valence-corrected chi connectivity index (χ0v) is 12.8. The van der Waals surface area contributed by atoms with Gasteiger partial charge in [-0.3, -0.25) is 0 Å². The Labute approximate surface area is 130 Å². The Morgan fingerprint density at radius 2 is 1.86 bits per heavy atom. The number of rotatable bonds is 6. The monoisotopic (exact) mass is 300 g/mol. The van der Waals surface area contributed by atoms with Crippen LogP contribution < -0.4 is 20.1 Å². The fourth-order valence-electron chi connectivity index (χ4n) is 1.84. The van der Waals surface area contributed by atoms with Gasteiger partial charge in [-0.25, -0.2) is 4.79 Å². The third-order valence-electron chi connectivity index (χ3n) is 3.00. The van der Waals surface area contributed by atoms with Crippen molar-refractivity contribution in [2.75, 3.05) is 25.6 Å². The van der Waals surface area contributed by atoms with Crippen LogP contribution in [0.2, 0.25) is 0 Å². The highest BCUT2D eigenvalue weighted by atomic mass is 16.5. The standard InChI is InChI=1S/C17H20N2O3/c1-13-6-8-15(9-7-13)22-11-10-18-17(20)19-14-4-3-5-16(12-14)21-2/h3-9,12H,10-11H2,1-2H3,(H2,18,19,20). The van der Waals surface area contributed by atoms with Crippen LogP contribution in [-0.4, -0.2) is 26.3 Å². The lowest BCUT2D eigenvalue weighted by molar-refractivity contribution is 0.247. The summed E-state index contributed by atoms with van der Waals surface area (Å²) in [6.07, 6.45) is 0. The Balaban J connectivity index is 1.70. The van der Waals surface area contributed by atoms with Crippen molar-refractivity contribution < 1.29 is 14.3 Å². The number of methoxy groups -OCH3 is 1. The van der Waals surface area contributed by atoms with Crippen molar-refractivity contribution in [3.05, 3.63) is 54.1 Å². The minimum absolute atomic E-state index is 0.277. The molecule has 0 aromatic heterocycles. The molecule has 0 fully saturated rings. The van der Waals surface area contributed by atoms with E-state index in [-0.39, 0.29) is 6.03 Å². The fraction of sp³-hybridized carbons (Fsp3) is 0.235. The molecule has 2 amide bonds. The van der Waals surface area contributed by atoms with Gasteiger partial charge >= 0.3 is 6.03 Å². The van der Waals surface area contributed by atoms with Gasteiger partial charge in [0.15, 0.2) is 0 Å². The molecule has 22 heavy (non-hydrogen) atoms. The summed E-state index contributed by atoms with van der Waals surface area (Å²) in [7, 11) is 1.58. The van der Waals surface area contributed by atoms with Gasteiger partial charge in [0.05, 0.1) is 13.7 Å². The van der Waals surface area contributed by atoms with Crippen molar-refractivity contribution in [3.63, 3.8) is 0 Å². The van der Waals surface area contributed by atoms with Gasteiger partial charge in [0.25, 0.3) is 0 Å². The lowest BCUT2D eigenvalue weighted by Crippen LogP contribution is -2.32. The summed E-state index contributed by atoms with van der Waals surface area (Å²) in [4.78, 5) is 11.7. The third-order valence-corrected chi connectivity index (χ3v) is 3.00. The smallest absolute Gasteiger partial charge is 0.319 e. The summed E-state index contributed by atoms with van der Waals surface area (Å²) in [6, 6.07) is 14.7. The van der Waals surface area contributed by atoms with Gasteiger partial charge in [-0.05, 0) is 31.2 Å². The van der Waals surface area contributed by atoms with E-state index in [1.54, 1.807) is 19.2 Å². The molecule has 0 unspecified atom stereocenters. The van der Waals surface area contributed by atoms with Gasteiger partial charge in [0.2, 0.25) is 0 Å². The first kappa shape index (κ1) is 15.7. The minimum atomic E-state index is -0.277. The van der Waals surface area contributed by atoms with Crippen LogP contribution in [-0.2, 0) is 0 Å². The summed E-state index contributed by atoms with van der Waals surface area (Å²) in [5.41, 5.74) is 1.86. The maximum absolute atomic E-state index is 11.7. The third kappa shape index (κ3) is 5.01. The van der Waals surface area contributed by atoms with E-state index in [9.17, 15) is 4.79 Å². The van der Waals surface area contributed by atoms with Crippen LogP contribution in [0.3, 0.4) is 0 Å². The quantitative estimate of drug-likeness (QED) is 0.805. The maximum atomic E-state index is 11.7. The molecule has 116 valence electrons. The maximum Gasteiger partial charge on any atom is 0.319 e. The van der Waals surface area contributed by atoms with Crippen LogP contribution >= 0.6 is 0 Å². The van der Waals surface area contributed by atoms with Crippen LogP contribution in [0.15, 0.2) is 48.5 Å². The number of carbonyl (C=O) groups excluding carboxylic acids is 1. The second-order valence-corrected chi connectivity index (χ2v) is 4.77. The molecule has 2 aromatic carbocycles. The van der Waals surface area contributed by atoms with Crippen molar-refractivity contribution in [2.45, 2.75) is 6.92 Å². The summed E-state index contributed by atoms with van der Waals surface area (Å²) < 4.78 is 10.6. The number of carbonyl (C=O) groups is 1. The number of benzene rings is 2. The Morgan fingerprint density at radius 3 is 2.59 bits per heavy atom. The highest BCUT2D eigenvalue weighted by Crippen LogP contribution is 2.16. The number of hydrogen-bond acceptors (Lipinski definition) is 3. The normalized spacial score (nSPS) is 9.91. The van der Waals surface area contributed by atoms with Gasteiger partial charge in [-0.1, -0.05) is 23.8 Å². The predicted molar refractivity (Wildman–Crippen MR) is 86.7 cm³/mol. The molecule has 2 N–H and O–H groups in total. The van der Waals surface area contributed by atoms with E-state index in [4.69, 9.17) is 9.47 Å².